The number of aryl methyl sites for hydroxylation is 1. The molecule has 31 heavy (non-hydrogen) atoms. The van der Waals surface area contributed by atoms with Crippen LogP contribution in [0.15, 0.2) is 54.9 Å². The van der Waals surface area contributed by atoms with Crippen molar-refractivity contribution in [2.24, 2.45) is 0 Å². The standard InChI is InChI=1S/C24H27N5O2/c1-17-22(24(30)28-19-6-8-21(31-2)9-7-19)15-26-23(27-17)18-10-13-29(14-11-18)16-20-5-3-4-12-25-20/h3-9,12,15,18H,10-11,13-14,16H2,1-2H3,(H,28,30). The predicted molar refractivity (Wildman–Crippen MR) is 119 cm³/mol. The number of methoxy groups -OCH3 is 1. The number of amides is 1. The van der Waals surface area contributed by atoms with E-state index in [0.717, 1.165) is 49.7 Å². The van der Waals surface area contributed by atoms with E-state index in [4.69, 9.17) is 4.74 Å². The first-order chi connectivity index (χ1) is 15.1. The first-order valence-corrected chi connectivity index (χ1v) is 10.5. The summed E-state index contributed by atoms with van der Waals surface area (Å²) in [5.41, 5.74) is 2.99. The zero-order valence-electron chi connectivity index (χ0n) is 17.9. The predicted octanol–water partition coefficient (Wildman–Crippen LogP) is 3.82. The van der Waals surface area contributed by atoms with Gasteiger partial charge in [0.05, 0.1) is 24.1 Å². The van der Waals surface area contributed by atoms with E-state index in [1.54, 1.807) is 25.4 Å². The number of ether oxygens (including phenoxy) is 1. The number of anilines is 1. The van der Waals surface area contributed by atoms with Crippen LogP contribution in [0.2, 0.25) is 0 Å². The second-order valence-electron chi connectivity index (χ2n) is 7.78. The number of aromatic nitrogens is 3. The molecule has 0 atom stereocenters. The highest BCUT2D eigenvalue weighted by atomic mass is 16.5. The van der Waals surface area contributed by atoms with Crippen molar-refractivity contribution in [2.75, 3.05) is 25.5 Å². The van der Waals surface area contributed by atoms with Crippen molar-refractivity contribution >= 4 is 11.6 Å². The van der Waals surface area contributed by atoms with E-state index in [1.165, 1.54) is 0 Å². The van der Waals surface area contributed by atoms with E-state index >= 15 is 0 Å². The monoisotopic (exact) mass is 417 g/mol. The fraction of sp³-hybridized carbons (Fsp3) is 0.333. The Balaban J connectivity index is 1.35. The molecule has 1 aliphatic heterocycles. The van der Waals surface area contributed by atoms with Gasteiger partial charge in [0.25, 0.3) is 5.91 Å². The van der Waals surface area contributed by atoms with Crippen molar-refractivity contribution in [3.8, 4) is 5.75 Å². The Hall–Kier alpha value is -3.32. The summed E-state index contributed by atoms with van der Waals surface area (Å²) in [6.07, 6.45) is 5.50. The smallest absolute Gasteiger partial charge is 0.259 e. The van der Waals surface area contributed by atoms with Crippen LogP contribution in [0.4, 0.5) is 5.69 Å². The molecule has 0 radical (unpaired) electrons. The normalized spacial score (nSPS) is 14.9. The lowest BCUT2D eigenvalue weighted by atomic mass is 9.95. The van der Waals surface area contributed by atoms with Gasteiger partial charge in [-0.05, 0) is 69.3 Å². The lowest BCUT2D eigenvalue weighted by molar-refractivity contribution is 0.102. The van der Waals surface area contributed by atoms with Gasteiger partial charge in [-0.25, -0.2) is 9.97 Å². The molecule has 160 valence electrons. The topological polar surface area (TPSA) is 80.2 Å². The summed E-state index contributed by atoms with van der Waals surface area (Å²) >= 11 is 0. The Morgan fingerprint density at radius 1 is 1.13 bits per heavy atom. The summed E-state index contributed by atoms with van der Waals surface area (Å²) in [7, 11) is 1.61. The van der Waals surface area contributed by atoms with Gasteiger partial charge in [-0.1, -0.05) is 6.07 Å². The van der Waals surface area contributed by atoms with Gasteiger partial charge >= 0.3 is 0 Å². The summed E-state index contributed by atoms with van der Waals surface area (Å²) in [6.45, 7) is 4.72. The minimum absolute atomic E-state index is 0.209. The summed E-state index contributed by atoms with van der Waals surface area (Å²) in [6, 6.07) is 13.3. The number of benzene rings is 1. The van der Waals surface area contributed by atoms with E-state index in [1.807, 2.05) is 37.4 Å². The molecule has 2 aromatic heterocycles. The Morgan fingerprint density at radius 2 is 1.90 bits per heavy atom. The minimum atomic E-state index is -0.209. The minimum Gasteiger partial charge on any atom is -0.497 e. The van der Waals surface area contributed by atoms with E-state index in [-0.39, 0.29) is 5.91 Å². The van der Waals surface area contributed by atoms with Gasteiger partial charge in [0, 0.05) is 30.5 Å². The van der Waals surface area contributed by atoms with Crippen LogP contribution in [-0.4, -0.2) is 46.0 Å². The van der Waals surface area contributed by atoms with Crippen LogP contribution in [0.25, 0.3) is 0 Å². The third-order valence-electron chi connectivity index (χ3n) is 5.65. The molecule has 3 heterocycles. The highest BCUT2D eigenvalue weighted by molar-refractivity contribution is 6.04. The van der Waals surface area contributed by atoms with E-state index in [9.17, 15) is 4.79 Å². The molecule has 7 heteroatoms. The van der Waals surface area contributed by atoms with Crippen molar-refractivity contribution in [1.82, 2.24) is 19.9 Å². The molecule has 4 rings (SSSR count). The van der Waals surface area contributed by atoms with Gasteiger partial charge in [0.1, 0.15) is 11.6 Å². The molecular weight excluding hydrogens is 390 g/mol. The second kappa shape index (κ2) is 9.66. The van der Waals surface area contributed by atoms with Crippen LogP contribution < -0.4 is 10.1 Å². The molecule has 1 aliphatic rings. The third-order valence-corrected chi connectivity index (χ3v) is 5.65. The number of pyridine rings is 1. The van der Waals surface area contributed by atoms with Crippen molar-refractivity contribution in [3.63, 3.8) is 0 Å². The molecule has 0 aliphatic carbocycles. The van der Waals surface area contributed by atoms with Crippen LogP contribution in [-0.2, 0) is 6.54 Å². The molecule has 0 unspecified atom stereocenters. The molecule has 7 nitrogen and oxygen atoms in total. The Bertz CT molecular complexity index is 1020. The van der Waals surface area contributed by atoms with Crippen molar-refractivity contribution in [3.05, 3.63) is 77.6 Å². The van der Waals surface area contributed by atoms with Gasteiger partial charge in [0.2, 0.25) is 0 Å². The summed E-state index contributed by atoms with van der Waals surface area (Å²) < 4.78 is 5.15. The van der Waals surface area contributed by atoms with E-state index in [2.05, 4.69) is 31.2 Å². The number of nitrogens with one attached hydrogen (secondary N) is 1. The number of piperidine rings is 1. The van der Waals surface area contributed by atoms with Crippen molar-refractivity contribution < 1.29 is 9.53 Å². The van der Waals surface area contributed by atoms with Gasteiger partial charge in [0.15, 0.2) is 0 Å². The number of hydrogen-bond donors (Lipinski definition) is 1. The first kappa shape index (κ1) is 20.9. The summed E-state index contributed by atoms with van der Waals surface area (Å²) in [4.78, 5) is 28.7. The molecule has 1 saturated heterocycles. The average molecular weight is 418 g/mol. The number of carbonyl (C=O) groups excluding carboxylic acids is 1. The van der Waals surface area contributed by atoms with Crippen LogP contribution in [0.1, 0.15) is 46.3 Å². The number of carbonyl (C=O) groups is 1. The molecule has 0 saturated carbocycles. The van der Waals surface area contributed by atoms with Gasteiger partial charge in [-0.3, -0.25) is 14.7 Å². The largest absolute Gasteiger partial charge is 0.497 e. The van der Waals surface area contributed by atoms with Gasteiger partial charge < -0.3 is 10.1 Å². The fourth-order valence-electron chi connectivity index (χ4n) is 3.85. The molecule has 1 fully saturated rings. The SMILES string of the molecule is COc1ccc(NC(=O)c2cnc(C3CCN(Cc4ccccn4)CC3)nc2C)cc1. The zero-order chi connectivity index (χ0) is 21.6. The molecule has 1 N–H and O–H groups in total. The third kappa shape index (κ3) is 5.24. The lowest BCUT2D eigenvalue weighted by Gasteiger charge is -2.31. The number of hydrogen-bond acceptors (Lipinski definition) is 6. The maximum Gasteiger partial charge on any atom is 0.259 e. The highest BCUT2D eigenvalue weighted by Gasteiger charge is 2.24. The molecule has 1 amide bonds. The molecular formula is C24H27N5O2. The van der Waals surface area contributed by atoms with E-state index < -0.39 is 0 Å². The Kier molecular flexibility index (Phi) is 6.52. The summed E-state index contributed by atoms with van der Waals surface area (Å²) in [5, 5.41) is 2.89. The van der Waals surface area contributed by atoms with Crippen molar-refractivity contribution in [2.45, 2.75) is 32.2 Å². The Labute approximate surface area is 182 Å². The maximum atomic E-state index is 12.7. The van der Waals surface area contributed by atoms with Crippen LogP contribution >= 0.6 is 0 Å². The number of nitrogens with zero attached hydrogens (tertiary/aromatic N) is 4. The second-order valence-corrected chi connectivity index (χ2v) is 7.78. The summed E-state index contributed by atoms with van der Waals surface area (Å²) in [5.74, 6) is 1.68. The molecule has 0 spiro atoms. The number of likely N-dealkylation sites (tertiary alicyclic amines) is 1. The lowest BCUT2D eigenvalue weighted by Crippen LogP contribution is -2.33. The highest BCUT2D eigenvalue weighted by Crippen LogP contribution is 2.27. The molecule has 0 bridgehead atoms. The van der Waals surface area contributed by atoms with Gasteiger partial charge in [-0.2, -0.15) is 0 Å². The first-order valence-electron chi connectivity index (χ1n) is 10.5. The fourth-order valence-corrected chi connectivity index (χ4v) is 3.85. The van der Waals surface area contributed by atoms with Crippen LogP contribution in [0.3, 0.4) is 0 Å². The van der Waals surface area contributed by atoms with Crippen molar-refractivity contribution in [1.29, 1.82) is 0 Å². The van der Waals surface area contributed by atoms with Gasteiger partial charge in [-0.15, -0.1) is 0 Å². The molecule has 3 aromatic rings. The molecule has 1 aromatic carbocycles. The zero-order valence-corrected chi connectivity index (χ0v) is 17.9. The van der Waals surface area contributed by atoms with E-state index in [0.29, 0.717) is 22.9 Å². The number of rotatable bonds is 6. The maximum absolute atomic E-state index is 12.7. The quantitative estimate of drug-likeness (QED) is 0.657. The van der Waals surface area contributed by atoms with Crippen LogP contribution in [0, 0.1) is 6.92 Å². The van der Waals surface area contributed by atoms with Crippen LogP contribution in [0.5, 0.6) is 5.75 Å². The Morgan fingerprint density at radius 3 is 2.55 bits per heavy atom. The average Bonchev–Trinajstić information content (AvgIpc) is 2.80.